The van der Waals surface area contributed by atoms with Gasteiger partial charge in [-0.2, -0.15) is 5.26 Å². The van der Waals surface area contributed by atoms with Gasteiger partial charge in [0.2, 0.25) is 5.91 Å². The Morgan fingerprint density at radius 1 is 1.40 bits per heavy atom. The van der Waals surface area contributed by atoms with E-state index in [0.717, 1.165) is 0 Å². The first-order chi connectivity index (χ1) is 9.56. The minimum absolute atomic E-state index is 0.0281. The maximum Gasteiger partial charge on any atom is 0.328 e. The second-order valence-electron chi connectivity index (χ2n) is 4.14. The standard InChI is InChI=1S/C14H15FN2O3/c1-20-14(19)12(3-2-8-16)17-13(18)9-10-4-6-11(15)7-5-10/h4-7,12H,2-3,9H2,1H3,(H,17,18)/t12-/m1/s1. The highest BCUT2D eigenvalue weighted by Gasteiger charge is 2.20. The number of amides is 1. The molecular weight excluding hydrogens is 263 g/mol. The van der Waals surface area contributed by atoms with E-state index in [2.05, 4.69) is 10.1 Å². The Balaban J connectivity index is 2.59. The van der Waals surface area contributed by atoms with Crippen LogP contribution >= 0.6 is 0 Å². The number of carbonyl (C=O) groups is 2. The summed E-state index contributed by atoms with van der Waals surface area (Å²) in [5, 5.41) is 11.0. The van der Waals surface area contributed by atoms with Gasteiger partial charge in [0.05, 0.1) is 19.6 Å². The molecule has 0 aliphatic rings. The lowest BCUT2D eigenvalue weighted by Gasteiger charge is -2.15. The lowest BCUT2D eigenvalue weighted by molar-refractivity contribution is -0.145. The van der Waals surface area contributed by atoms with Crippen molar-refractivity contribution in [2.45, 2.75) is 25.3 Å². The molecule has 0 bridgehead atoms. The highest BCUT2D eigenvalue weighted by atomic mass is 19.1. The monoisotopic (exact) mass is 278 g/mol. The predicted molar refractivity (Wildman–Crippen MR) is 68.9 cm³/mol. The highest BCUT2D eigenvalue weighted by molar-refractivity contribution is 5.85. The first kappa shape index (κ1) is 15.6. The lowest BCUT2D eigenvalue weighted by atomic mass is 10.1. The largest absolute Gasteiger partial charge is 0.467 e. The molecule has 1 amide bonds. The van der Waals surface area contributed by atoms with E-state index in [1.54, 1.807) is 0 Å². The number of rotatable bonds is 6. The van der Waals surface area contributed by atoms with Crippen molar-refractivity contribution in [2.75, 3.05) is 7.11 Å². The Morgan fingerprint density at radius 3 is 2.60 bits per heavy atom. The molecule has 0 spiro atoms. The third-order valence-corrected chi connectivity index (χ3v) is 2.64. The molecule has 106 valence electrons. The van der Waals surface area contributed by atoms with Gasteiger partial charge in [0.15, 0.2) is 0 Å². The summed E-state index contributed by atoms with van der Waals surface area (Å²) in [6.45, 7) is 0. The van der Waals surface area contributed by atoms with Gasteiger partial charge in [-0.05, 0) is 24.1 Å². The molecule has 1 aromatic rings. The number of hydrogen-bond acceptors (Lipinski definition) is 4. The van der Waals surface area contributed by atoms with Crippen molar-refractivity contribution < 1.29 is 18.7 Å². The zero-order valence-electron chi connectivity index (χ0n) is 11.1. The predicted octanol–water partition coefficient (Wildman–Crippen LogP) is 1.33. The Kier molecular flexibility index (Phi) is 6.17. The van der Waals surface area contributed by atoms with E-state index < -0.39 is 12.0 Å². The molecule has 0 saturated heterocycles. The number of nitrogens with zero attached hydrogens (tertiary/aromatic N) is 1. The van der Waals surface area contributed by atoms with Crippen LogP contribution < -0.4 is 5.32 Å². The van der Waals surface area contributed by atoms with E-state index >= 15 is 0 Å². The van der Waals surface area contributed by atoms with Crippen LogP contribution in [0.4, 0.5) is 4.39 Å². The summed E-state index contributed by atoms with van der Waals surface area (Å²) in [5.74, 6) is -1.35. The van der Waals surface area contributed by atoms with Gasteiger partial charge in [0.25, 0.3) is 0 Å². The van der Waals surface area contributed by atoms with Crippen LogP contribution in [-0.4, -0.2) is 25.0 Å². The maximum absolute atomic E-state index is 12.7. The SMILES string of the molecule is COC(=O)[C@@H](CCC#N)NC(=O)Cc1ccc(F)cc1. The third-order valence-electron chi connectivity index (χ3n) is 2.64. The summed E-state index contributed by atoms with van der Waals surface area (Å²) in [7, 11) is 1.22. The van der Waals surface area contributed by atoms with Crippen molar-refractivity contribution in [2.24, 2.45) is 0 Å². The summed E-state index contributed by atoms with van der Waals surface area (Å²) in [5.41, 5.74) is 0.632. The second kappa shape index (κ2) is 7.89. The number of nitrogens with one attached hydrogen (secondary N) is 1. The van der Waals surface area contributed by atoms with Crippen molar-refractivity contribution in [3.8, 4) is 6.07 Å². The van der Waals surface area contributed by atoms with Gasteiger partial charge in [-0.3, -0.25) is 4.79 Å². The molecule has 0 saturated carbocycles. The van der Waals surface area contributed by atoms with Crippen LogP contribution in [0.5, 0.6) is 0 Å². The van der Waals surface area contributed by atoms with Crippen molar-refractivity contribution in [1.82, 2.24) is 5.32 Å². The van der Waals surface area contributed by atoms with Gasteiger partial charge in [-0.15, -0.1) is 0 Å². The Morgan fingerprint density at radius 2 is 2.05 bits per heavy atom. The van der Waals surface area contributed by atoms with E-state index in [0.29, 0.717) is 5.56 Å². The molecule has 0 radical (unpaired) electrons. The van der Waals surface area contributed by atoms with Crippen LogP contribution in [0.1, 0.15) is 18.4 Å². The summed E-state index contributed by atoms with van der Waals surface area (Å²) in [6.07, 6.45) is 0.356. The Bertz CT molecular complexity index is 508. The molecule has 20 heavy (non-hydrogen) atoms. The number of nitriles is 1. The molecule has 0 aliphatic carbocycles. The molecule has 5 nitrogen and oxygen atoms in total. The second-order valence-corrected chi connectivity index (χ2v) is 4.14. The molecule has 1 atom stereocenters. The van der Waals surface area contributed by atoms with Crippen LogP contribution in [0.2, 0.25) is 0 Å². The van der Waals surface area contributed by atoms with E-state index in [-0.39, 0.29) is 31.0 Å². The number of hydrogen-bond donors (Lipinski definition) is 1. The van der Waals surface area contributed by atoms with Crippen LogP contribution in [0, 0.1) is 17.1 Å². The number of benzene rings is 1. The molecule has 0 fully saturated rings. The van der Waals surface area contributed by atoms with E-state index in [4.69, 9.17) is 5.26 Å². The summed E-state index contributed by atoms with van der Waals surface area (Å²) >= 11 is 0. The van der Waals surface area contributed by atoms with E-state index in [1.165, 1.54) is 31.4 Å². The average molecular weight is 278 g/mol. The topological polar surface area (TPSA) is 79.2 Å². The normalized spacial score (nSPS) is 11.2. The molecule has 1 N–H and O–H groups in total. The van der Waals surface area contributed by atoms with Gasteiger partial charge in [0.1, 0.15) is 11.9 Å². The van der Waals surface area contributed by atoms with E-state index in [1.807, 2.05) is 6.07 Å². The number of esters is 1. The van der Waals surface area contributed by atoms with Gasteiger partial charge in [-0.25, -0.2) is 9.18 Å². The molecule has 1 aromatic carbocycles. The van der Waals surface area contributed by atoms with E-state index in [9.17, 15) is 14.0 Å². The molecule has 6 heteroatoms. The number of halogens is 1. The van der Waals surface area contributed by atoms with Crippen molar-refractivity contribution in [1.29, 1.82) is 5.26 Å². The van der Waals surface area contributed by atoms with Gasteiger partial charge in [-0.1, -0.05) is 12.1 Å². The molecule has 0 aliphatic heterocycles. The molecule has 0 heterocycles. The van der Waals surface area contributed by atoms with Gasteiger partial charge in [0, 0.05) is 6.42 Å². The summed E-state index contributed by atoms with van der Waals surface area (Å²) in [4.78, 5) is 23.3. The smallest absolute Gasteiger partial charge is 0.328 e. The number of carbonyl (C=O) groups excluding carboxylic acids is 2. The third kappa shape index (κ3) is 5.06. The van der Waals surface area contributed by atoms with Crippen molar-refractivity contribution in [3.05, 3.63) is 35.6 Å². The minimum atomic E-state index is -0.840. The highest BCUT2D eigenvalue weighted by Crippen LogP contribution is 2.05. The van der Waals surface area contributed by atoms with Gasteiger partial charge >= 0.3 is 5.97 Å². The zero-order valence-corrected chi connectivity index (χ0v) is 11.1. The molecular formula is C14H15FN2O3. The quantitative estimate of drug-likeness (QED) is 0.796. The van der Waals surface area contributed by atoms with Crippen LogP contribution in [-0.2, 0) is 20.7 Å². The molecule has 0 unspecified atom stereocenters. The summed E-state index contributed by atoms with van der Waals surface area (Å²) in [6, 6.07) is 6.58. The van der Waals surface area contributed by atoms with Crippen LogP contribution in [0.3, 0.4) is 0 Å². The Labute approximate surface area is 116 Å². The first-order valence-corrected chi connectivity index (χ1v) is 6.05. The molecule has 0 aromatic heterocycles. The zero-order chi connectivity index (χ0) is 15.0. The summed E-state index contributed by atoms with van der Waals surface area (Å²) < 4.78 is 17.3. The van der Waals surface area contributed by atoms with Crippen molar-refractivity contribution in [3.63, 3.8) is 0 Å². The van der Waals surface area contributed by atoms with Crippen LogP contribution in [0.25, 0.3) is 0 Å². The first-order valence-electron chi connectivity index (χ1n) is 6.05. The fourth-order valence-corrected chi connectivity index (χ4v) is 1.63. The van der Waals surface area contributed by atoms with Gasteiger partial charge < -0.3 is 10.1 Å². The minimum Gasteiger partial charge on any atom is -0.467 e. The maximum atomic E-state index is 12.7. The fourth-order valence-electron chi connectivity index (χ4n) is 1.63. The number of methoxy groups -OCH3 is 1. The van der Waals surface area contributed by atoms with Crippen molar-refractivity contribution >= 4 is 11.9 Å². The lowest BCUT2D eigenvalue weighted by Crippen LogP contribution is -2.42. The Hall–Kier alpha value is -2.42. The molecule has 1 rings (SSSR count). The average Bonchev–Trinajstić information content (AvgIpc) is 2.45. The fraction of sp³-hybridized carbons (Fsp3) is 0.357. The number of ether oxygens (including phenoxy) is 1. The van der Waals surface area contributed by atoms with Crippen LogP contribution in [0.15, 0.2) is 24.3 Å².